The number of aromatic amines is 1. The molecule has 1 aliphatic heterocycles. The fourth-order valence-electron chi connectivity index (χ4n) is 4.52. The number of benzene rings is 1. The van der Waals surface area contributed by atoms with Crippen molar-refractivity contribution < 1.29 is 33.7 Å². The molecule has 1 saturated carbocycles. The van der Waals surface area contributed by atoms with Crippen LogP contribution in [-0.4, -0.2) is 71.4 Å². The van der Waals surface area contributed by atoms with Gasteiger partial charge in [0, 0.05) is 42.9 Å². The summed E-state index contributed by atoms with van der Waals surface area (Å²) < 4.78 is 16.2. The van der Waals surface area contributed by atoms with E-state index in [4.69, 9.17) is 14.2 Å². The van der Waals surface area contributed by atoms with E-state index in [0.717, 1.165) is 38.0 Å². The number of aromatic nitrogens is 2. The number of phenols is 1. The molecule has 35 heavy (non-hydrogen) atoms. The number of hydrogen-bond donors (Lipinski definition) is 3. The molecule has 188 valence electrons. The Morgan fingerprint density at radius 2 is 2.11 bits per heavy atom. The van der Waals surface area contributed by atoms with Crippen LogP contribution >= 0.6 is 0 Å². The number of nitrogens with one attached hydrogen (secondary N) is 2. The van der Waals surface area contributed by atoms with Crippen molar-refractivity contribution in [1.82, 2.24) is 15.1 Å². The van der Waals surface area contributed by atoms with E-state index in [1.54, 1.807) is 11.0 Å². The van der Waals surface area contributed by atoms with Crippen LogP contribution < -0.4 is 14.8 Å². The molecule has 1 saturated heterocycles. The molecule has 2 aliphatic rings. The number of aldehydes is 1. The first-order valence-electron chi connectivity index (χ1n) is 11.7. The van der Waals surface area contributed by atoms with Crippen LogP contribution in [0.2, 0.25) is 0 Å². The lowest BCUT2D eigenvalue weighted by molar-refractivity contribution is -0.118. The number of carbonyl (C=O) groups is 3. The van der Waals surface area contributed by atoms with E-state index in [-0.39, 0.29) is 40.9 Å². The highest BCUT2D eigenvalue weighted by Crippen LogP contribution is 2.36. The zero-order valence-electron chi connectivity index (χ0n) is 19.8. The zero-order chi connectivity index (χ0) is 24.9. The summed E-state index contributed by atoms with van der Waals surface area (Å²) in [6.07, 6.45) is 3.41. The molecule has 2 fully saturated rings. The maximum Gasteiger partial charge on any atom is 0.410 e. The van der Waals surface area contributed by atoms with Crippen LogP contribution in [-0.2, 0) is 9.53 Å². The van der Waals surface area contributed by atoms with Gasteiger partial charge in [-0.3, -0.25) is 14.7 Å². The highest BCUT2D eigenvalue weighted by atomic mass is 16.6. The summed E-state index contributed by atoms with van der Waals surface area (Å²) in [7, 11) is 1.41. The minimum atomic E-state index is -0.486. The van der Waals surface area contributed by atoms with Gasteiger partial charge in [0.1, 0.15) is 23.4 Å². The number of nitrogens with zero attached hydrogens (tertiary/aromatic N) is 2. The van der Waals surface area contributed by atoms with Gasteiger partial charge in [-0.25, -0.2) is 4.79 Å². The van der Waals surface area contributed by atoms with Crippen molar-refractivity contribution in [2.24, 2.45) is 5.92 Å². The number of methoxy groups -OCH3 is 1. The van der Waals surface area contributed by atoms with Gasteiger partial charge in [-0.2, -0.15) is 5.10 Å². The van der Waals surface area contributed by atoms with Gasteiger partial charge in [-0.05, 0) is 31.6 Å². The molecule has 3 atom stereocenters. The van der Waals surface area contributed by atoms with Crippen molar-refractivity contribution in [1.29, 1.82) is 0 Å². The maximum absolute atomic E-state index is 12.4. The lowest BCUT2D eigenvalue weighted by atomic mass is 10.0. The molecule has 1 aliphatic carbocycles. The number of H-pyrrole nitrogens is 1. The average molecular weight is 487 g/mol. The van der Waals surface area contributed by atoms with Crippen LogP contribution in [0.5, 0.6) is 17.2 Å². The molecule has 11 heteroatoms. The van der Waals surface area contributed by atoms with Gasteiger partial charge in [0.15, 0.2) is 18.7 Å². The second kappa shape index (κ2) is 10.7. The zero-order valence-corrected chi connectivity index (χ0v) is 19.8. The van der Waals surface area contributed by atoms with Gasteiger partial charge < -0.3 is 29.5 Å². The Morgan fingerprint density at radius 3 is 2.83 bits per heavy atom. The second-order valence-electron chi connectivity index (χ2n) is 9.08. The van der Waals surface area contributed by atoms with E-state index in [9.17, 15) is 19.5 Å². The Hall–Kier alpha value is -3.76. The summed E-state index contributed by atoms with van der Waals surface area (Å²) in [6, 6.07) is 4.45. The van der Waals surface area contributed by atoms with Gasteiger partial charge in [0.05, 0.1) is 12.7 Å². The first-order valence-corrected chi connectivity index (χ1v) is 11.7. The molecule has 1 aromatic carbocycles. The first-order chi connectivity index (χ1) is 16.9. The third-order valence-corrected chi connectivity index (χ3v) is 6.45. The Labute approximate surface area is 202 Å². The Morgan fingerprint density at radius 1 is 1.29 bits per heavy atom. The van der Waals surface area contributed by atoms with Crippen molar-refractivity contribution in [3.05, 3.63) is 29.5 Å². The van der Waals surface area contributed by atoms with Crippen molar-refractivity contribution in [2.45, 2.75) is 44.6 Å². The number of amides is 2. The lowest BCUT2D eigenvalue weighted by Gasteiger charge is -2.19. The molecule has 0 bridgehead atoms. The molecule has 1 aromatic heterocycles. The third-order valence-electron chi connectivity index (χ3n) is 6.45. The summed E-state index contributed by atoms with van der Waals surface area (Å²) >= 11 is 0. The van der Waals surface area contributed by atoms with E-state index >= 15 is 0 Å². The number of anilines is 1. The largest absolute Gasteiger partial charge is 0.507 e. The molecule has 2 aromatic rings. The highest BCUT2D eigenvalue weighted by molar-refractivity contribution is 5.91. The summed E-state index contributed by atoms with van der Waals surface area (Å²) in [6.45, 7) is 3.23. The van der Waals surface area contributed by atoms with Crippen molar-refractivity contribution in [3.8, 4) is 17.2 Å². The number of carbonyl (C=O) groups excluding carboxylic acids is 3. The quantitative estimate of drug-likeness (QED) is 0.483. The summed E-state index contributed by atoms with van der Waals surface area (Å²) in [5.41, 5.74) is 0.784. The lowest BCUT2D eigenvalue weighted by Crippen LogP contribution is -2.31. The van der Waals surface area contributed by atoms with E-state index < -0.39 is 12.5 Å². The number of likely N-dealkylation sites (tertiary alicyclic amines) is 1. The fraction of sp³-hybridized carbons (Fsp3) is 0.500. The van der Waals surface area contributed by atoms with Crippen LogP contribution in [0, 0.1) is 5.92 Å². The molecule has 2 amide bonds. The minimum absolute atomic E-state index is 0.0321. The predicted molar refractivity (Wildman–Crippen MR) is 125 cm³/mol. The number of ether oxygens (including phenoxy) is 3. The van der Waals surface area contributed by atoms with Gasteiger partial charge in [0.2, 0.25) is 0 Å². The maximum atomic E-state index is 12.4. The van der Waals surface area contributed by atoms with Gasteiger partial charge in [-0.15, -0.1) is 0 Å². The van der Waals surface area contributed by atoms with E-state index in [2.05, 4.69) is 22.4 Å². The number of aromatic hydroxyl groups is 1. The Balaban J connectivity index is 1.27. The van der Waals surface area contributed by atoms with Crippen LogP contribution in [0.1, 0.15) is 54.6 Å². The highest BCUT2D eigenvalue weighted by Gasteiger charge is 2.32. The normalized spacial score (nSPS) is 21.5. The standard InChI is InChI=1S/C24H30N4O7/c1-14-5-6-28(11-14)24(32)35-16-4-3-15(7-16)19-10-22(27-26-19)25-23(31)13-34-21-9-17(33-2)8-20(30)18(21)12-29/h8-10,12,14-16,30H,3-7,11,13H2,1-2H3,(H2,25,26,27,31)/t14-,15-,16+/m0/s1. The summed E-state index contributed by atoms with van der Waals surface area (Å²) in [5, 5.41) is 19.6. The van der Waals surface area contributed by atoms with Crippen LogP contribution in [0.25, 0.3) is 0 Å². The molecule has 2 heterocycles. The summed E-state index contributed by atoms with van der Waals surface area (Å²) in [4.78, 5) is 37.7. The second-order valence-corrected chi connectivity index (χ2v) is 9.08. The van der Waals surface area contributed by atoms with Crippen molar-refractivity contribution in [2.75, 3.05) is 32.1 Å². The first kappa shape index (κ1) is 24.4. The van der Waals surface area contributed by atoms with Gasteiger partial charge in [0.25, 0.3) is 5.91 Å². The third kappa shape index (κ3) is 5.84. The Kier molecular flexibility index (Phi) is 7.42. The average Bonchev–Trinajstić information content (AvgIpc) is 3.58. The number of hydrogen-bond acceptors (Lipinski definition) is 8. The molecule has 0 unspecified atom stereocenters. The van der Waals surface area contributed by atoms with Crippen molar-refractivity contribution >= 4 is 24.1 Å². The molecule has 4 rings (SSSR count). The number of rotatable bonds is 8. The molecule has 3 N–H and O–H groups in total. The van der Waals surface area contributed by atoms with E-state index in [0.29, 0.717) is 24.4 Å². The van der Waals surface area contributed by atoms with Crippen LogP contribution in [0.4, 0.5) is 10.6 Å². The van der Waals surface area contributed by atoms with Gasteiger partial charge in [-0.1, -0.05) is 6.92 Å². The topological polar surface area (TPSA) is 143 Å². The minimum Gasteiger partial charge on any atom is -0.507 e. The van der Waals surface area contributed by atoms with E-state index in [1.165, 1.54) is 19.2 Å². The van der Waals surface area contributed by atoms with Crippen LogP contribution in [0.15, 0.2) is 18.2 Å². The van der Waals surface area contributed by atoms with Gasteiger partial charge >= 0.3 is 6.09 Å². The molecule has 0 radical (unpaired) electrons. The molecular weight excluding hydrogens is 456 g/mol. The van der Waals surface area contributed by atoms with Crippen molar-refractivity contribution in [3.63, 3.8) is 0 Å². The van der Waals surface area contributed by atoms with Crippen LogP contribution in [0.3, 0.4) is 0 Å². The Bertz CT molecular complexity index is 1090. The fourth-order valence-corrected chi connectivity index (χ4v) is 4.52. The molecule has 11 nitrogen and oxygen atoms in total. The molecule has 0 spiro atoms. The summed E-state index contributed by atoms with van der Waals surface area (Å²) in [5.74, 6) is 0.527. The monoisotopic (exact) mass is 486 g/mol. The number of phenolic OH excluding ortho intramolecular Hbond substituents is 1. The molecular formula is C24H30N4O7. The smallest absolute Gasteiger partial charge is 0.410 e. The van der Waals surface area contributed by atoms with E-state index in [1.807, 2.05) is 0 Å². The SMILES string of the molecule is COc1cc(O)c(C=O)c(OCC(=O)Nc2cc([C@H]3CC[C@@H](OC(=O)N4CC[C@H](C)C4)C3)[nH]n2)c1. The predicted octanol–water partition coefficient (Wildman–Crippen LogP) is 3.07.